The van der Waals surface area contributed by atoms with Crippen molar-refractivity contribution in [3.05, 3.63) is 30.1 Å². The van der Waals surface area contributed by atoms with Crippen molar-refractivity contribution >= 4 is 6.09 Å². The zero-order chi connectivity index (χ0) is 19.4. The minimum absolute atomic E-state index is 0.0851. The van der Waals surface area contributed by atoms with Gasteiger partial charge in [0.15, 0.2) is 0 Å². The van der Waals surface area contributed by atoms with E-state index >= 15 is 0 Å². The molecule has 2 rings (SSSR count). The number of amides is 1. The van der Waals surface area contributed by atoms with Gasteiger partial charge in [-0.15, -0.1) is 0 Å². The number of hydrogen-bond donors (Lipinski definition) is 0. The van der Waals surface area contributed by atoms with E-state index in [4.69, 9.17) is 4.74 Å². The Kier molecular flexibility index (Phi) is 6.67. The second-order valence-corrected chi connectivity index (χ2v) is 8.80. The Balaban J connectivity index is 1.88. The van der Waals surface area contributed by atoms with Gasteiger partial charge in [-0.1, -0.05) is 6.07 Å². The Morgan fingerprint density at radius 1 is 1.27 bits per heavy atom. The van der Waals surface area contributed by atoms with Gasteiger partial charge in [-0.3, -0.25) is 9.88 Å². The molecule has 0 unspecified atom stereocenters. The third kappa shape index (κ3) is 5.19. The minimum Gasteiger partial charge on any atom is -0.444 e. The van der Waals surface area contributed by atoms with Crippen molar-refractivity contribution in [2.24, 2.45) is 5.92 Å². The SMILES string of the molecule is CN(CCC1CCC(c2cccnc2)(N(C)C)CC1)C(=O)OC(C)(C)C. The lowest BCUT2D eigenvalue weighted by atomic mass is 9.71. The molecular formula is C21H35N3O2. The van der Waals surface area contributed by atoms with Crippen LogP contribution in [0.2, 0.25) is 0 Å². The molecular weight excluding hydrogens is 326 g/mol. The molecule has 0 aliphatic heterocycles. The monoisotopic (exact) mass is 361 g/mol. The van der Waals surface area contributed by atoms with Crippen LogP contribution < -0.4 is 0 Å². The molecule has 0 spiro atoms. The van der Waals surface area contributed by atoms with E-state index in [2.05, 4.69) is 30.0 Å². The zero-order valence-electron chi connectivity index (χ0n) is 17.3. The highest BCUT2D eigenvalue weighted by molar-refractivity contribution is 5.67. The van der Waals surface area contributed by atoms with E-state index in [1.165, 1.54) is 18.4 Å². The first-order valence-electron chi connectivity index (χ1n) is 9.66. The molecule has 26 heavy (non-hydrogen) atoms. The highest BCUT2D eigenvalue weighted by Gasteiger charge is 2.38. The maximum absolute atomic E-state index is 12.1. The molecule has 0 N–H and O–H groups in total. The van der Waals surface area contributed by atoms with Gasteiger partial charge in [0, 0.05) is 31.5 Å². The van der Waals surface area contributed by atoms with Crippen molar-refractivity contribution in [3.8, 4) is 0 Å². The van der Waals surface area contributed by atoms with Crippen molar-refractivity contribution in [2.45, 2.75) is 64.0 Å². The highest BCUT2D eigenvalue weighted by Crippen LogP contribution is 2.43. The fourth-order valence-electron chi connectivity index (χ4n) is 3.88. The summed E-state index contributed by atoms with van der Waals surface area (Å²) in [6.07, 6.45) is 9.27. The van der Waals surface area contributed by atoms with Crippen molar-refractivity contribution in [1.29, 1.82) is 0 Å². The molecule has 0 bridgehead atoms. The van der Waals surface area contributed by atoms with Gasteiger partial charge >= 0.3 is 6.09 Å². The van der Waals surface area contributed by atoms with Crippen LogP contribution in [0.5, 0.6) is 0 Å². The van der Waals surface area contributed by atoms with Crippen LogP contribution in [0.15, 0.2) is 24.5 Å². The van der Waals surface area contributed by atoms with Crippen LogP contribution in [-0.2, 0) is 10.3 Å². The van der Waals surface area contributed by atoms with Crippen molar-refractivity contribution < 1.29 is 9.53 Å². The molecule has 1 aliphatic rings. The quantitative estimate of drug-likeness (QED) is 0.785. The number of carbonyl (C=O) groups is 1. The lowest BCUT2D eigenvalue weighted by Crippen LogP contribution is -2.44. The average Bonchev–Trinajstić information content (AvgIpc) is 2.59. The van der Waals surface area contributed by atoms with Gasteiger partial charge in [-0.25, -0.2) is 4.79 Å². The first-order chi connectivity index (χ1) is 12.1. The summed E-state index contributed by atoms with van der Waals surface area (Å²) < 4.78 is 5.44. The van der Waals surface area contributed by atoms with E-state index in [0.717, 1.165) is 25.8 Å². The Morgan fingerprint density at radius 3 is 2.42 bits per heavy atom. The van der Waals surface area contributed by atoms with E-state index in [1.807, 2.05) is 46.3 Å². The van der Waals surface area contributed by atoms with Crippen molar-refractivity contribution in [2.75, 3.05) is 27.7 Å². The maximum Gasteiger partial charge on any atom is 0.410 e. The molecule has 1 amide bonds. The summed E-state index contributed by atoms with van der Waals surface area (Å²) in [6, 6.07) is 4.23. The Labute approximate surface area is 158 Å². The molecule has 146 valence electrons. The summed E-state index contributed by atoms with van der Waals surface area (Å²) in [5.74, 6) is 0.657. The van der Waals surface area contributed by atoms with E-state index in [-0.39, 0.29) is 11.6 Å². The lowest BCUT2D eigenvalue weighted by Gasteiger charge is -2.45. The zero-order valence-corrected chi connectivity index (χ0v) is 17.3. The molecule has 1 aliphatic carbocycles. The van der Waals surface area contributed by atoms with Crippen LogP contribution in [0, 0.1) is 5.92 Å². The van der Waals surface area contributed by atoms with Crippen LogP contribution in [-0.4, -0.2) is 54.2 Å². The molecule has 1 heterocycles. The fraction of sp³-hybridized carbons (Fsp3) is 0.714. The molecule has 0 saturated heterocycles. The standard InChI is InChI=1S/C21H35N3O2/c1-20(2,3)26-19(25)24(6)15-11-17-9-12-21(13-10-17,23(4)5)18-8-7-14-22-16-18/h7-8,14,16-17H,9-13,15H2,1-6H3. The van der Waals surface area contributed by atoms with Crippen molar-refractivity contribution in [3.63, 3.8) is 0 Å². The van der Waals surface area contributed by atoms with Gasteiger partial charge in [0.2, 0.25) is 0 Å². The highest BCUT2D eigenvalue weighted by atomic mass is 16.6. The summed E-state index contributed by atoms with van der Waals surface area (Å²) in [4.78, 5) is 20.5. The number of carbonyl (C=O) groups excluding carboxylic acids is 1. The molecule has 1 aromatic rings. The molecule has 1 saturated carbocycles. The second-order valence-electron chi connectivity index (χ2n) is 8.80. The summed E-state index contributed by atoms with van der Waals surface area (Å²) in [5, 5.41) is 0. The van der Waals surface area contributed by atoms with Crippen molar-refractivity contribution in [1.82, 2.24) is 14.8 Å². The number of hydrogen-bond acceptors (Lipinski definition) is 4. The minimum atomic E-state index is -0.439. The maximum atomic E-state index is 12.1. The van der Waals surface area contributed by atoms with E-state index in [1.54, 1.807) is 4.90 Å². The van der Waals surface area contributed by atoms with Crippen LogP contribution in [0.4, 0.5) is 4.79 Å². The molecule has 1 aromatic heterocycles. The summed E-state index contributed by atoms with van der Waals surface area (Å²) in [6.45, 7) is 6.46. The Morgan fingerprint density at radius 2 is 1.92 bits per heavy atom. The Bertz CT molecular complexity index is 573. The summed E-state index contributed by atoms with van der Waals surface area (Å²) >= 11 is 0. The molecule has 5 heteroatoms. The Hall–Kier alpha value is -1.62. The van der Waals surface area contributed by atoms with E-state index < -0.39 is 5.60 Å². The number of rotatable bonds is 5. The van der Waals surface area contributed by atoms with E-state index in [9.17, 15) is 4.79 Å². The van der Waals surface area contributed by atoms with Gasteiger partial charge in [0.05, 0.1) is 0 Å². The van der Waals surface area contributed by atoms with E-state index in [0.29, 0.717) is 5.92 Å². The van der Waals surface area contributed by atoms with Gasteiger partial charge in [-0.05, 0) is 84.5 Å². The lowest BCUT2D eigenvalue weighted by molar-refractivity contribution is 0.0272. The first-order valence-corrected chi connectivity index (χ1v) is 9.66. The van der Waals surface area contributed by atoms with Gasteiger partial charge in [0.25, 0.3) is 0 Å². The predicted molar refractivity (Wildman–Crippen MR) is 105 cm³/mol. The fourth-order valence-corrected chi connectivity index (χ4v) is 3.88. The average molecular weight is 362 g/mol. The van der Waals surface area contributed by atoms with Gasteiger partial charge < -0.3 is 9.64 Å². The van der Waals surface area contributed by atoms with Gasteiger partial charge in [-0.2, -0.15) is 0 Å². The van der Waals surface area contributed by atoms with Crippen LogP contribution in [0.1, 0.15) is 58.4 Å². The second kappa shape index (κ2) is 8.38. The predicted octanol–water partition coefficient (Wildman–Crippen LogP) is 4.29. The normalized spacial score (nSPS) is 23.7. The summed E-state index contributed by atoms with van der Waals surface area (Å²) in [7, 11) is 6.17. The third-order valence-corrected chi connectivity index (χ3v) is 5.57. The molecule has 0 atom stereocenters. The number of ether oxygens (including phenoxy) is 1. The molecule has 1 fully saturated rings. The van der Waals surface area contributed by atoms with Gasteiger partial charge in [0.1, 0.15) is 5.60 Å². The molecule has 0 radical (unpaired) electrons. The van der Waals surface area contributed by atoms with Crippen LogP contribution in [0.3, 0.4) is 0 Å². The number of nitrogens with zero attached hydrogens (tertiary/aromatic N) is 3. The molecule has 5 nitrogen and oxygen atoms in total. The van der Waals surface area contributed by atoms with Crippen LogP contribution in [0.25, 0.3) is 0 Å². The molecule has 0 aromatic carbocycles. The first kappa shape index (κ1) is 20.7. The summed E-state index contributed by atoms with van der Waals surface area (Å²) in [5.41, 5.74) is 0.960. The number of pyridine rings is 1. The topological polar surface area (TPSA) is 45.7 Å². The third-order valence-electron chi connectivity index (χ3n) is 5.57. The number of aromatic nitrogens is 1. The smallest absolute Gasteiger partial charge is 0.410 e. The largest absolute Gasteiger partial charge is 0.444 e. The van der Waals surface area contributed by atoms with Crippen LogP contribution >= 0.6 is 0 Å².